The summed E-state index contributed by atoms with van der Waals surface area (Å²) in [4.78, 5) is 0. The zero-order valence-corrected chi connectivity index (χ0v) is 11.2. The molecule has 0 fully saturated rings. The Morgan fingerprint density at radius 1 is 0.800 bits per heavy atom. The van der Waals surface area contributed by atoms with Crippen molar-refractivity contribution in [3.05, 3.63) is 65.7 Å². The summed E-state index contributed by atoms with van der Waals surface area (Å²) in [7, 11) is 0. The minimum atomic E-state index is 0.162. The van der Waals surface area contributed by atoms with Crippen LogP contribution < -0.4 is 0 Å². The van der Waals surface area contributed by atoms with Crippen LogP contribution in [0.5, 0.6) is 11.5 Å². The summed E-state index contributed by atoms with van der Waals surface area (Å²) in [5.41, 5.74) is 3.01. The molecule has 0 amide bonds. The third-order valence-electron chi connectivity index (χ3n) is 3.07. The number of aliphatic hydroxyl groups is 1. The lowest BCUT2D eigenvalue weighted by Gasteiger charge is -2.09. The van der Waals surface area contributed by atoms with E-state index in [-0.39, 0.29) is 18.1 Å². The molecule has 3 heteroatoms. The van der Waals surface area contributed by atoms with Gasteiger partial charge in [0.15, 0.2) is 0 Å². The Hall–Kier alpha value is -2.26. The molecule has 3 N–H and O–H groups in total. The summed E-state index contributed by atoms with van der Waals surface area (Å²) in [6, 6.07) is 14.0. The van der Waals surface area contributed by atoms with Gasteiger partial charge in [-0.15, -0.1) is 0 Å². The van der Waals surface area contributed by atoms with Crippen molar-refractivity contribution in [3.8, 4) is 11.5 Å². The number of aromatic hydroxyl groups is 2. The van der Waals surface area contributed by atoms with Gasteiger partial charge in [-0.3, -0.25) is 0 Å². The zero-order chi connectivity index (χ0) is 14.4. The number of benzene rings is 2. The van der Waals surface area contributed by atoms with Crippen molar-refractivity contribution in [1.82, 2.24) is 0 Å². The van der Waals surface area contributed by atoms with Crippen LogP contribution in [0.1, 0.15) is 24.0 Å². The minimum absolute atomic E-state index is 0.162. The van der Waals surface area contributed by atoms with E-state index in [1.165, 1.54) is 0 Å². The van der Waals surface area contributed by atoms with Crippen molar-refractivity contribution in [2.75, 3.05) is 6.61 Å². The first kappa shape index (κ1) is 14.2. The Labute approximate surface area is 118 Å². The second-order valence-corrected chi connectivity index (χ2v) is 4.58. The fourth-order valence-electron chi connectivity index (χ4n) is 2.02. The van der Waals surface area contributed by atoms with Crippen molar-refractivity contribution in [3.63, 3.8) is 0 Å². The van der Waals surface area contributed by atoms with Gasteiger partial charge in [-0.2, -0.15) is 0 Å². The van der Waals surface area contributed by atoms with Gasteiger partial charge >= 0.3 is 0 Å². The van der Waals surface area contributed by atoms with E-state index in [0.717, 1.165) is 23.1 Å². The Morgan fingerprint density at radius 3 is 1.65 bits per heavy atom. The molecule has 0 saturated heterocycles. The minimum Gasteiger partial charge on any atom is -0.508 e. The van der Waals surface area contributed by atoms with Gasteiger partial charge in [-0.1, -0.05) is 30.3 Å². The van der Waals surface area contributed by atoms with Gasteiger partial charge in [0.1, 0.15) is 11.5 Å². The first-order valence-electron chi connectivity index (χ1n) is 6.60. The van der Waals surface area contributed by atoms with Gasteiger partial charge in [0.25, 0.3) is 0 Å². The molecule has 0 aromatic heterocycles. The molecule has 0 unspecified atom stereocenters. The van der Waals surface area contributed by atoms with Crippen LogP contribution in [0.25, 0.3) is 5.57 Å². The Morgan fingerprint density at radius 2 is 1.25 bits per heavy atom. The topological polar surface area (TPSA) is 60.7 Å². The summed E-state index contributed by atoms with van der Waals surface area (Å²) in [5, 5.41) is 27.6. The lowest BCUT2D eigenvalue weighted by atomic mass is 9.96. The molecule has 2 rings (SSSR count). The lowest BCUT2D eigenvalue weighted by Crippen LogP contribution is -1.89. The SMILES string of the molecule is OCCCC=C(c1ccc(O)cc1)c1ccc(O)cc1. The van der Waals surface area contributed by atoms with Crippen molar-refractivity contribution in [1.29, 1.82) is 0 Å². The van der Waals surface area contributed by atoms with Crippen LogP contribution in [0.15, 0.2) is 54.6 Å². The number of phenolic OH excluding ortho intramolecular Hbond substituents is 2. The van der Waals surface area contributed by atoms with Gasteiger partial charge in [-0.25, -0.2) is 0 Å². The largest absolute Gasteiger partial charge is 0.508 e. The number of phenols is 2. The first-order chi connectivity index (χ1) is 9.70. The van der Waals surface area contributed by atoms with E-state index in [1.54, 1.807) is 24.3 Å². The average Bonchev–Trinajstić information content (AvgIpc) is 2.46. The van der Waals surface area contributed by atoms with Crippen LogP contribution in [-0.2, 0) is 0 Å². The Kier molecular flexibility index (Phi) is 4.80. The number of allylic oxidation sites excluding steroid dienone is 1. The van der Waals surface area contributed by atoms with Crippen LogP contribution in [0.3, 0.4) is 0 Å². The molecule has 0 saturated carbocycles. The van der Waals surface area contributed by atoms with E-state index in [1.807, 2.05) is 24.3 Å². The highest BCUT2D eigenvalue weighted by molar-refractivity contribution is 5.80. The number of hydrogen-bond acceptors (Lipinski definition) is 3. The quantitative estimate of drug-likeness (QED) is 0.730. The molecular formula is C17H18O3. The highest BCUT2D eigenvalue weighted by atomic mass is 16.3. The normalized spacial score (nSPS) is 10.2. The van der Waals surface area contributed by atoms with Gasteiger partial charge in [0.05, 0.1) is 0 Å². The summed E-state index contributed by atoms with van der Waals surface area (Å²) >= 11 is 0. The first-order valence-corrected chi connectivity index (χ1v) is 6.60. The second-order valence-electron chi connectivity index (χ2n) is 4.58. The molecule has 0 radical (unpaired) electrons. The van der Waals surface area contributed by atoms with E-state index in [2.05, 4.69) is 6.08 Å². The predicted molar refractivity (Wildman–Crippen MR) is 79.6 cm³/mol. The number of aliphatic hydroxyl groups excluding tert-OH is 1. The van der Waals surface area contributed by atoms with E-state index in [9.17, 15) is 10.2 Å². The van der Waals surface area contributed by atoms with Gasteiger partial charge < -0.3 is 15.3 Å². The molecule has 0 aliphatic carbocycles. The molecule has 0 aliphatic rings. The maximum Gasteiger partial charge on any atom is 0.115 e. The van der Waals surface area contributed by atoms with Crippen molar-refractivity contribution < 1.29 is 15.3 Å². The molecule has 3 nitrogen and oxygen atoms in total. The van der Waals surface area contributed by atoms with E-state index in [4.69, 9.17) is 5.11 Å². The number of hydrogen-bond donors (Lipinski definition) is 3. The summed E-state index contributed by atoms with van der Waals surface area (Å²) in [6.07, 6.45) is 3.54. The predicted octanol–water partition coefficient (Wildman–Crippen LogP) is 3.30. The fourth-order valence-corrected chi connectivity index (χ4v) is 2.02. The van der Waals surface area contributed by atoms with Crippen LogP contribution in [-0.4, -0.2) is 21.9 Å². The third-order valence-corrected chi connectivity index (χ3v) is 3.07. The highest BCUT2D eigenvalue weighted by Crippen LogP contribution is 2.27. The molecule has 0 spiro atoms. The number of rotatable bonds is 5. The van der Waals surface area contributed by atoms with Crippen LogP contribution >= 0.6 is 0 Å². The Balaban J connectivity index is 2.36. The van der Waals surface area contributed by atoms with Crippen molar-refractivity contribution in [2.24, 2.45) is 0 Å². The monoisotopic (exact) mass is 270 g/mol. The van der Waals surface area contributed by atoms with Crippen LogP contribution in [0.2, 0.25) is 0 Å². The van der Waals surface area contributed by atoms with Crippen molar-refractivity contribution in [2.45, 2.75) is 12.8 Å². The zero-order valence-electron chi connectivity index (χ0n) is 11.2. The van der Waals surface area contributed by atoms with E-state index < -0.39 is 0 Å². The molecule has 0 aliphatic heterocycles. The number of unbranched alkanes of at least 4 members (excludes halogenated alkanes) is 1. The molecule has 0 bridgehead atoms. The average molecular weight is 270 g/mol. The van der Waals surface area contributed by atoms with Gasteiger partial charge in [-0.05, 0) is 53.8 Å². The molecular weight excluding hydrogens is 252 g/mol. The van der Waals surface area contributed by atoms with E-state index >= 15 is 0 Å². The highest BCUT2D eigenvalue weighted by Gasteiger charge is 2.05. The van der Waals surface area contributed by atoms with Crippen LogP contribution in [0, 0.1) is 0 Å². The van der Waals surface area contributed by atoms with Crippen molar-refractivity contribution >= 4 is 5.57 Å². The molecule has 0 atom stereocenters. The third kappa shape index (κ3) is 3.62. The fraction of sp³-hybridized carbons (Fsp3) is 0.176. The summed E-state index contributed by atoms with van der Waals surface area (Å²) < 4.78 is 0. The molecule has 104 valence electrons. The van der Waals surface area contributed by atoms with E-state index in [0.29, 0.717) is 6.42 Å². The van der Waals surface area contributed by atoms with Gasteiger partial charge in [0, 0.05) is 6.61 Å². The molecule has 2 aromatic rings. The summed E-state index contributed by atoms with van der Waals surface area (Å²) in [6.45, 7) is 0.162. The smallest absolute Gasteiger partial charge is 0.115 e. The molecule has 20 heavy (non-hydrogen) atoms. The van der Waals surface area contributed by atoms with Gasteiger partial charge in [0.2, 0.25) is 0 Å². The van der Waals surface area contributed by atoms with Crippen LogP contribution in [0.4, 0.5) is 0 Å². The summed E-state index contributed by atoms with van der Waals surface area (Å²) in [5.74, 6) is 0.461. The molecule has 0 heterocycles. The maximum atomic E-state index is 9.37. The standard InChI is InChI=1S/C17H18O3/c18-12-2-1-3-17(13-4-8-15(19)9-5-13)14-6-10-16(20)11-7-14/h3-11,18-20H,1-2,12H2. The lowest BCUT2D eigenvalue weighted by molar-refractivity contribution is 0.289. The maximum absolute atomic E-state index is 9.37. The molecule has 2 aromatic carbocycles. The Bertz CT molecular complexity index is 521. The second kappa shape index (κ2) is 6.78.